The van der Waals surface area contributed by atoms with Crippen LogP contribution in [0.3, 0.4) is 0 Å². The number of nitrogens with one attached hydrogen (secondary N) is 1. The Bertz CT molecular complexity index is 831. The number of aromatic hydroxyl groups is 1. The minimum atomic E-state index is -0.445. The van der Waals surface area contributed by atoms with Crippen molar-refractivity contribution in [2.75, 3.05) is 0 Å². The molecular weight excluding hydrogens is 282 g/mol. The highest BCUT2D eigenvalue weighted by Crippen LogP contribution is 2.17. The van der Waals surface area contributed by atoms with Crippen molar-refractivity contribution in [2.45, 2.75) is 6.61 Å². The summed E-state index contributed by atoms with van der Waals surface area (Å²) in [7, 11) is 0. The van der Waals surface area contributed by atoms with Crippen LogP contribution >= 0.6 is 0 Å². The number of ether oxygens (including phenoxy) is 1. The van der Waals surface area contributed by atoms with Crippen molar-refractivity contribution in [3.63, 3.8) is 0 Å². The zero-order chi connectivity index (χ0) is 15.4. The molecule has 110 valence electrons. The quantitative estimate of drug-likeness (QED) is 0.769. The van der Waals surface area contributed by atoms with Gasteiger partial charge < -0.3 is 14.8 Å². The maximum atomic E-state index is 11.4. The lowest BCUT2D eigenvalue weighted by Gasteiger charge is -2.07. The molecule has 0 bridgehead atoms. The Balaban J connectivity index is 1.82. The summed E-state index contributed by atoms with van der Waals surface area (Å²) in [6.07, 6.45) is 0. The zero-order valence-corrected chi connectivity index (χ0v) is 11.6. The predicted molar refractivity (Wildman–Crippen MR) is 80.5 cm³/mol. The van der Waals surface area contributed by atoms with Crippen LogP contribution in [0.5, 0.6) is 11.8 Å². The van der Waals surface area contributed by atoms with E-state index in [4.69, 9.17) is 4.74 Å². The van der Waals surface area contributed by atoms with E-state index in [1.165, 1.54) is 0 Å². The lowest BCUT2D eigenvalue weighted by atomic mass is 10.2. The van der Waals surface area contributed by atoms with Crippen LogP contribution in [-0.2, 0) is 6.61 Å². The second-order valence-electron chi connectivity index (χ2n) is 4.59. The second-order valence-corrected chi connectivity index (χ2v) is 4.59. The maximum Gasteiger partial charge on any atom is 0.255 e. The molecule has 0 unspecified atom stereocenters. The number of H-pyrrole nitrogens is 1. The molecular formula is C16H13N3O3. The van der Waals surface area contributed by atoms with Crippen molar-refractivity contribution in [3.05, 3.63) is 70.5 Å². The summed E-state index contributed by atoms with van der Waals surface area (Å²) in [4.78, 5) is 22.0. The number of rotatable bonds is 4. The van der Waals surface area contributed by atoms with E-state index < -0.39 is 5.56 Å². The Kier molecular flexibility index (Phi) is 3.82. The van der Waals surface area contributed by atoms with Crippen LogP contribution in [0.4, 0.5) is 0 Å². The molecule has 0 spiro atoms. The van der Waals surface area contributed by atoms with E-state index in [-0.39, 0.29) is 11.7 Å². The Labute approximate surface area is 126 Å². The fourth-order valence-corrected chi connectivity index (χ4v) is 1.92. The predicted octanol–water partition coefficient (Wildman–Crippen LogP) is 2.12. The molecule has 0 aliphatic carbocycles. The molecule has 2 N–H and O–H groups in total. The number of pyridine rings is 1. The van der Waals surface area contributed by atoms with Gasteiger partial charge in [-0.05, 0) is 11.6 Å². The van der Waals surface area contributed by atoms with E-state index >= 15 is 0 Å². The molecule has 0 aliphatic rings. The van der Waals surface area contributed by atoms with Gasteiger partial charge in [-0.1, -0.05) is 36.4 Å². The SMILES string of the molecule is O=c1cc(O)nc(-c2cccc(OCc3ccccc3)n2)[nH]1. The standard InChI is InChI=1S/C16H13N3O3/c20-13-9-14(21)19-16(18-13)12-7-4-8-15(17-12)22-10-11-5-2-1-3-6-11/h1-9H,10H2,(H2,18,19,20,21). The topological polar surface area (TPSA) is 88.1 Å². The summed E-state index contributed by atoms with van der Waals surface area (Å²) in [6, 6.07) is 15.9. The molecule has 0 amide bonds. The summed E-state index contributed by atoms with van der Waals surface area (Å²) in [6.45, 7) is 0.390. The van der Waals surface area contributed by atoms with Crippen molar-refractivity contribution in [2.24, 2.45) is 0 Å². The van der Waals surface area contributed by atoms with Crippen LogP contribution in [0.25, 0.3) is 11.5 Å². The third-order valence-corrected chi connectivity index (χ3v) is 2.92. The normalized spacial score (nSPS) is 10.4. The van der Waals surface area contributed by atoms with Gasteiger partial charge in [0.15, 0.2) is 5.82 Å². The fourth-order valence-electron chi connectivity index (χ4n) is 1.92. The first-order chi connectivity index (χ1) is 10.7. The van der Waals surface area contributed by atoms with E-state index in [0.717, 1.165) is 11.6 Å². The van der Waals surface area contributed by atoms with Crippen LogP contribution in [-0.4, -0.2) is 20.1 Å². The average molecular weight is 295 g/mol. The highest BCUT2D eigenvalue weighted by Gasteiger charge is 2.06. The Morgan fingerprint density at radius 3 is 2.64 bits per heavy atom. The van der Waals surface area contributed by atoms with Gasteiger partial charge in [0.25, 0.3) is 5.56 Å². The first kappa shape index (κ1) is 13.8. The van der Waals surface area contributed by atoms with Gasteiger partial charge in [0.2, 0.25) is 11.8 Å². The maximum absolute atomic E-state index is 11.4. The van der Waals surface area contributed by atoms with Crippen LogP contribution in [0.2, 0.25) is 0 Å². The lowest BCUT2D eigenvalue weighted by Crippen LogP contribution is -2.07. The number of aromatic amines is 1. The minimum Gasteiger partial charge on any atom is -0.493 e. The molecule has 3 rings (SSSR count). The highest BCUT2D eigenvalue weighted by molar-refractivity contribution is 5.50. The zero-order valence-electron chi connectivity index (χ0n) is 11.6. The third kappa shape index (κ3) is 3.29. The molecule has 6 nitrogen and oxygen atoms in total. The van der Waals surface area contributed by atoms with E-state index in [1.807, 2.05) is 30.3 Å². The van der Waals surface area contributed by atoms with Gasteiger partial charge in [-0.25, -0.2) is 4.98 Å². The summed E-state index contributed by atoms with van der Waals surface area (Å²) in [5.74, 6) is 0.249. The van der Waals surface area contributed by atoms with Crippen molar-refractivity contribution >= 4 is 0 Å². The molecule has 2 aromatic heterocycles. The molecule has 0 aliphatic heterocycles. The van der Waals surface area contributed by atoms with Gasteiger partial charge in [-0.2, -0.15) is 4.98 Å². The van der Waals surface area contributed by atoms with E-state index in [0.29, 0.717) is 18.2 Å². The van der Waals surface area contributed by atoms with Crippen molar-refractivity contribution in [1.82, 2.24) is 15.0 Å². The monoisotopic (exact) mass is 295 g/mol. The summed E-state index contributed by atoms with van der Waals surface area (Å²) in [5, 5.41) is 9.39. The number of hydrogen-bond donors (Lipinski definition) is 2. The molecule has 0 atom stereocenters. The first-order valence-corrected chi connectivity index (χ1v) is 6.65. The highest BCUT2D eigenvalue weighted by atomic mass is 16.5. The Morgan fingerprint density at radius 1 is 1.05 bits per heavy atom. The van der Waals surface area contributed by atoms with Crippen LogP contribution in [0, 0.1) is 0 Å². The molecule has 6 heteroatoms. The number of aromatic nitrogens is 3. The lowest BCUT2D eigenvalue weighted by molar-refractivity contribution is 0.294. The number of hydrogen-bond acceptors (Lipinski definition) is 5. The molecule has 0 radical (unpaired) electrons. The van der Waals surface area contributed by atoms with Crippen molar-refractivity contribution < 1.29 is 9.84 Å². The molecule has 0 saturated carbocycles. The number of nitrogens with zero attached hydrogens (tertiary/aromatic N) is 2. The van der Waals surface area contributed by atoms with Gasteiger partial charge in [0.1, 0.15) is 12.3 Å². The van der Waals surface area contributed by atoms with Gasteiger partial charge in [0.05, 0.1) is 6.07 Å². The molecule has 3 aromatic rings. The smallest absolute Gasteiger partial charge is 0.255 e. The molecule has 2 heterocycles. The summed E-state index contributed by atoms with van der Waals surface area (Å²) < 4.78 is 5.62. The van der Waals surface area contributed by atoms with E-state index in [2.05, 4.69) is 15.0 Å². The Morgan fingerprint density at radius 2 is 1.86 bits per heavy atom. The van der Waals surface area contributed by atoms with Gasteiger partial charge in [0, 0.05) is 6.07 Å². The minimum absolute atomic E-state index is 0.190. The van der Waals surface area contributed by atoms with Gasteiger partial charge in [-0.3, -0.25) is 4.79 Å². The van der Waals surface area contributed by atoms with Crippen molar-refractivity contribution in [1.29, 1.82) is 0 Å². The van der Waals surface area contributed by atoms with Gasteiger partial charge in [-0.15, -0.1) is 0 Å². The van der Waals surface area contributed by atoms with Crippen molar-refractivity contribution in [3.8, 4) is 23.3 Å². The largest absolute Gasteiger partial charge is 0.493 e. The Hall–Kier alpha value is -3.15. The summed E-state index contributed by atoms with van der Waals surface area (Å²) >= 11 is 0. The van der Waals surface area contributed by atoms with E-state index in [9.17, 15) is 9.90 Å². The van der Waals surface area contributed by atoms with Crippen LogP contribution in [0.1, 0.15) is 5.56 Å². The van der Waals surface area contributed by atoms with Crippen LogP contribution in [0.15, 0.2) is 59.4 Å². The van der Waals surface area contributed by atoms with Crippen LogP contribution < -0.4 is 10.3 Å². The molecule has 0 saturated heterocycles. The molecule has 22 heavy (non-hydrogen) atoms. The van der Waals surface area contributed by atoms with Gasteiger partial charge >= 0.3 is 0 Å². The molecule has 1 aromatic carbocycles. The average Bonchev–Trinajstić information content (AvgIpc) is 2.53. The second kappa shape index (κ2) is 6.09. The number of benzene rings is 1. The molecule has 0 fully saturated rings. The first-order valence-electron chi connectivity index (χ1n) is 6.65. The third-order valence-electron chi connectivity index (χ3n) is 2.92. The fraction of sp³-hybridized carbons (Fsp3) is 0.0625. The summed E-state index contributed by atoms with van der Waals surface area (Å²) in [5.41, 5.74) is 0.997. The van der Waals surface area contributed by atoms with E-state index in [1.54, 1.807) is 18.2 Å².